The Morgan fingerprint density at radius 2 is 1.84 bits per heavy atom. The van der Waals surface area contributed by atoms with Crippen LogP contribution in [0, 0.1) is 0 Å². The number of primary amides is 1. The lowest BCUT2D eigenvalue weighted by Crippen LogP contribution is -2.48. The molecule has 8 heteroatoms. The maximum absolute atomic E-state index is 11.4. The van der Waals surface area contributed by atoms with Crippen molar-refractivity contribution < 1.29 is 19.5 Å². The predicted molar refractivity (Wildman–Crippen MR) is 69.6 cm³/mol. The minimum Gasteiger partial charge on any atom is -0.480 e. The first-order chi connectivity index (χ1) is 8.90. The van der Waals surface area contributed by atoms with E-state index < -0.39 is 30.4 Å². The fourth-order valence-corrected chi connectivity index (χ4v) is 1.48. The molecule has 0 unspecified atom stereocenters. The standard InChI is InChI=1S/C11H22N4O4/c1-3-15(4-2)6-5-13-11(19)14-8(10(17)18)7-9(12)16/h8H,3-7H2,1-2H3,(H2,12,16)(H,17,18)(H2,13,14,19)/t8-/m0/s1. The van der Waals surface area contributed by atoms with Gasteiger partial charge in [0.25, 0.3) is 0 Å². The van der Waals surface area contributed by atoms with Gasteiger partial charge >= 0.3 is 12.0 Å². The number of nitrogens with zero attached hydrogens (tertiary/aromatic N) is 1. The zero-order valence-electron chi connectivity index (χ0n) is 11.3. The summed E-state index contributed by atoms with van der Waals surface area (Å²) in [4.78, 5) is 35.0. The summed E-state index contributed by atoms with van der Waals surface area (Å²) in [5.41, 5.74) is 4.90. The molecule has 8 nitrogen and oxygen atoms in total. The molecule has 5 N–H and O–H groups in total. The van der Waals surface area contributed by atoms with E-state index in [1.54, 1.807) is 0 Å². The fourth-order valence-electron chi connectivity index (χ4n) is 1.48. The van der Waals surface area contributed by atoms with Gasteiger partial charge in [0, 0.05) is 13.1 Å². The van der Waals surface area contributed by atoms with Gasteiger partial charge in [-0.25, -0.2) is 9.59 Å². The first-order valence-corrected chi connectivity index (χ1v) is 6.18. The number of carbonyl (C=O) groups excluding carboxylic acids is 2. The van der Waals surface area contributed by atoms with E-state index in [2.05, 4.69) is 15.5 Å². The van der Waals surface area contributed by atoms with E-state index in [4.69, 9.17) is 10.8 Å². The number of carbonyl (C=O) groups is 3. The Kier molecular flexibility index (Phi) is 8.27. The van der Waals surface area contributed by atoms with Crippen LogP contribution in [0.15, 0.2) is 0 Å². The SMILES string of the molecule is CCN(CC)CCNC(=O)N[C@@H](CC(N)=O)C(=O)O. The number of rotatable bonds is 9. The van der Waals surface area contributed by atoms with E-state index in [1.807, 2.05) is 13.8 Å². The topological polar surface area (TPSA) is 125 Å². The van der Waals surface area contributed by atoms with Crippen molar-refractivity contribution in [3.8, 4) is 0 Å². The first-order valence-electron chi connectivity index (χ1n) is 6.18. The van der Waals surface area contributed by atoms with E-state index in [0.29, 0.717) is 13.1 Å². The number of nitrogens with one attached hydrogen (secondary N) is 2. The van der Waals surface area contributed by atoms with Gasteiger partial charge in [0.15, 0.2) is 0 Å². The highest BCUT2D eigenvalue weighted by Gasteiger charge is 2.21. The van der Waals surface area contributed by atoms with Crippen LogP contribution in [0.1, 0.15) is 20.3 Å². The van der Waals surface area contributed by atoms with Crippen molar-refractivity contribution in [1.82, 2.24) is 15.5 Å². The number of hydrogen-bond donors (Lipinski definition) is 4. The minimum atomic E-state index is -1.30. The van der Waals surface area contributed by atoms with Crippen LogP contribution in [0.5, 0.6) is 0 Å². The molecule has 3 amide bonds. The van der Waals surface area contributed by atoms with E-state index in [1.165, 1.54) is 0 Å². The lowest BCUT2D eigenvalue weighted by atomic mass is 10.2. The number of aliphatic carboxylic acids is 1. The quantitative estimate of drug-likeness (QED) is 0.427. The molecule has 0 aliphatic carbocycles. The molecule has 0 aromatic rings. The maximum Gasteiger partial charge on any atom is 0.326 e. The zero-order valence-corrected chi connectivity index (χ0v) is 11.3. The summed E-state index contributed by atoms with van der Waals surface area (Å²) in [6, 6.07) is -1.92. The molecule has 0 bridgehead atoms. The average molecular weight is 274 g/mol. The van der Waals surface area contributed by atoms with Crippen molar-refractivity contribution >= 4 is 17.9 Å². The zero-order chi connectivity index (χ0) is 14.8. The minimum absolute atomic E-state index is 0.399. The Morgan fingerprint density at radius 3 is 2.26 bits per heavy atom. The van der Waals surface area contributed by atoms with Gasteiger partial charge in [-0.05, 0) is 13.1 Å². The number of carboxylic acids is 1. The second-order valence-electron chi connectivity index (χ2n) is 3.99. The van der Waals surface area contributed by atoms with Crippen molar-refractivity contribution in [2.75, 3.05) is 26.2 Å². The van der Waals surface area contributed by atoms with Gasteiger partial charge in [0.05, 0.1) is 6.42 Å². The van der Waals surface area contributed by atoms with Gasteiger partial charge in [0.2, 0.25) is 5.91 Å². The van der Waals surface area contributed by atoms with Crippen LogP contribution in [0.3, 0.4) is 0 Å². The van der Waals surface area contributed by atoms with Crippen molar-refractivity contribution in [3.05, 3.63) is 0 Å². The van der Waals surface area contributed by atoms with E-state index in [0.717, 1.165) is 13.1 Å². The lowest BCUT2D eigenvalue weighted by Gasteiger charge is -2.19. The summed E-state index contributed by atoms with van der Waals surface area (Å²) < 4.78 is 0. The Morgan fingerprint density at radius 1 is 1.26 bits per heavy atom. The summed E-state index contributed by atoms with van der Waals surface area (Å²) >= 11 is 0. The van der Waals surface area contributed by atoms with Gasteiger partial charge in [-0.2, -0.15) is 0 Å². The van der Waals surface area contributed by atoms with Crippen LogP contribution in [0.4, 0.5) is 4.79 Å². The first kappa shape index (κ1) is 17.2. The Hall–Kier alpha value is -1.83. The number of carboxylic acid groups (broad SMARTS) is 1. The number of urea groups is 1. The monoisotopic (exact) mass is 274 g/mol. The van der Waals surface area contributed by atoms with E-state index in [9.17, 15) is 14.4 Å². The number of hydrogen-bond acceptors (Lipinski definition) is 4. The Labute approximate surface area is 112 Å². The van der Waals surface area contributed by atoms with Gasteiger partial charge in [0.1, 0.15) is 6.04 Å². The molecule has 0 aromatic carbocycles. The predicted octanol–water partition coefficient (Wildman–Crippen LogP) is -1.04. The number of likely N-dealkylation sites (N-methyl/N-ethyl adjacent to an activating group) is 1. The second-order valence-corrected chi connectivity index (χ2v) is 3.99. The third-order valence-corrected chi connectivity index (χ3v) is 2.62. The highest BCUT2D eigenvalue weighted by molar-refractivity contribution is 5.87. The molecule has 0 rings (SSSR count). The van der Waals surface area contributed by atoms with Crippen molar-refractivity contribution in [3.63, 3.8) is 0 Å². The van der Waals surface area contributed by atoms with Gasteiger partial charge in [-0.3, -0.25) is 4.79 Å². The maximum atomic E-state index is 11.4. The average Bonchev–Trinajstić information content (AvgIpc) is 2.33. The molecule has 0 aromatic heterocycles. The van der Waals surface area contributed by atoms with Crippen molar-refractivity contribution in [2.45, 2.75) is 26.3 Å². The van der Waals surface area contributed by atoms with E-state index in [-0.39, 0.29) is 0 Å². The fraction of sp³-hybridized carbons (Fsp3) is 0.727. The van der Waals surface area contributed by atoms with E-state index >= 15 is 0 Å². The highest BCUT2D eigenvalue weighted by atomic mass is 16.4. The van der Waals surface area contributed by atoms with Crippen LogP contribution in [-0.4, -0.2) is 60.1 Å². The largest absolute Gasteiger partial charge is 0.480 e. The molecular formula is C11H22N4O4. The van der Waals surface area contributed by atoms with Crippen LogP contribution >= 0.6 is 0 Å². The molecule has 0 aliphatic heterocycles. The Bertz CT molecular complexity index is 318. The van der Waals surface area contributed by atoms with Crippen molar-refractivity contribution in [1.29, 1.82) is 0 Å². The Balaban J connectivity index is 4.06. The molecule has 0 heterocycles. The molecule has 0 radical (unpaired) electrons. The molecule has 19 heavy (non-hydrogen) atoms. The smallest absolute Gasteiger partial charge is 0.326 e. The third-order valence-electron chi connectivity index (χ3n) is 2.62. The van der Waals surface area contributed by atoms with Crippen molar-refractivity contribution in [2.24, 2.45) is 5.73 Å². The summed E-state index contributed by atoms with van der Waals surface area (Å²) in [6.07, 6.45) is -0.432. The summed E-state index contributed by atoms with van der Waals surface area (Å²) in [6.45, 7) is 6.84. The van der Waals surface area contributed by atoms with Gasteiger partial charge < -0.3 is 26.4 Å². The molecular weight excluding hydrogens is 252 g/mol. The molecule has 0 fully saturated rings. The number of nitrogens with two attached hydrogens (primary N) is 1. The van der Waals surface area contributed by atoms with Gasteiger partial charge in [-0.15, -0.1) is 0 Å². The normalized spacial score (nSPS) is 11.9. The number of amides is 3. The summed E-state index contributed by atoms with van der Waals surface area (Å²) in [7, 11) is 0. The molecule has 0 spiro atoms. The summed E-state index contributed by atoms with van der Waals surface area (Å²) in [5, 5.41) is 13.5. The molecule has 0 saturated heterocycles. The third kappa shape index (κ3) is 7.98. The highest BCUT2D eigenvalue weighted by Crippen LogP contribution is 1.91. The molecule has 0 saturated carbocycles. The van der Waals surface area contributed by atoms with Crippen LogP contribution < -0.4 is 16.4 Å². The molecule has 110 valence electrons. The summed E-state index contributed by atoms with van der Waals surface area (Å²) in [5.74, 6) is -2.08. The van der Waals surface area contributed by atoms with Crippen LogP contribution in [-0.2, 0) is 9.59 Å². The lowest BCUT2D eigenvalue weighted by molar-refractivity contribution is -0.140. The molecule has 1 atom stereocenters. The van der Waals surface area contributed by atoms with Gasteiger partial charge in [-0.1, -0.05) is 13.8 Å². The second kappa shape index (κ2) is 9.15. The molecule has 0 aliphatic rings. The van der Waals surface area contributed by atoms with Crippen LogP contribution in [0.25, 0.3) is 0 Å². The van der Waals surface area contributed by atoms with Crippen LogP contribution in [0.2, 0.25) is 0 Å².